The van der Waals surface area contributed by atoms with Crippen molar-refractivity contribution < 1.29 is 9.31 Å². The zero-order valence-corrected chi connectivity index (χ0v) is 16.4. The molecule has 1 aromatic rings. The van der Waals surface area contributed by atoms with Crippen molar-refractivity contribution in [2.24, 2.45) is 5.92 Å². The first-order valence-corrected chi connectivity index (χ1v) is 9.56. The van der Waals surface area contributed by atoms with Crippen LogP contribution in [0.2, 0.25) is 0 Å². The van der Waals surface area contributed by atoms with Crippen LogP contribution in [-0.4, -0.2) is 43.4 Å². The molecule has 0 amide bonds. The number of nitrogens with zero attached hydrogens (tertiary/aromatic N) is 1. The molecule has 0 N–H and O–H groups in total. The van der Waals surface area contributed by atoms with Crippen LogP contribution >= 0.6 is 0 Å². The van der Waals surface area contributed by atoms with E-state index in [1.54, 1.807) is 0 Å². The summed E-state index contributed by atoms with van der Waals surface area (Å²) < 4.78 is 12.0. The fourth-order valence-electron chi connectivity index (χ4n) is 3.52. The lowest BCUT2D eigenvalue weighted by molar-refractivity contribution is 0.00578. The predicted molar refractivity (Wildman–Crippen MR) is 105 cm³/mol. The molecular formula is C21H32BNO2. The number of hydrogen-bond donors (Lipinski definition) is 0. The van der Waals surface area contributed by atoms with E-state index in [0.29, 0.717) is 0 Å². The highest BCUT2D eigenvalue weighted by Gasteiger charge is 2.49. The highest BCUT2D eigenvalue weighted by atomic mass is 16.7. The van der Waals surface area contributed by atoms with Gasteiger partial charge >= 0.3 is 7.12 Å². The molecule has 0 unspecified atom stereocenters. The molecule has 2 aliphatic rings. The SMILES string of the molecule is CN1CCC(Cc2ccc(/C=C/B3OC(C)(C)C(C)(C)O3)cc2)CC1. The molecule has 2 saturated heterocycles. The van der Waals surface area contributed by atoms with Crippen molar-refractivity contribution in [2.75, 3.05) is 20.1 Å². The van der Waals surface area contributed by atoms with Gasteiger partial charge in [0.15, 0.2) is 0 Å². The summed E-state index contributed by atoms with van der Waals surface area (Å²) in [6.45, 7) is 10.8. The molecule has 4 heteroatoms. The van der Waals surface area contributed by atoms with Crippen LogP contribution in [0.1, 0.15) is 51.7 Å². The molecule has 0 aliphatic carbocycles. The molecule has 0 saturated carbocycles. The maximum absolute atomic E-state index is 6.01. The van der Waals surface area contributed by atoms with Crippen molar-refractivity contribution in [3.8, 4) is 0 Å². The zero-order chi connectivity index (χ0) is 18.1. The van der Waals surface area contributed by atoms with E-state index < -0.39 is 0 Å². The molecule has 2 fully saturated rings. The standard InChI is InChI=1S/C21H32BNO2/c1-20(2)21(3,4)25-22(24-20)13-10-17-6-8-18(9-7-17)16-19-11-14-23(5)15-12-19/h6-10,13,19H,11-12,14-16H2,1-5H3/b13-10+. The van der Waals surface area contributed by atoms with Crippen LogP contribution in [0.25, 0.3) is 6.08 Å². The third-order valence-electron chi connectivity index (χ3n) is 6.06. The number of hydrogen-bond acceptors (Lipinski definition) is 3. The minimum Gasteiger partial charge on any atom is -0.400 e. The average Bonchev–Trinajstić information content (AvgIpc) is 2.76. The fraction of sp³-hybridized carbons (Fsp3) is 0.619. The minimum atomic E-state index is -0.278. The van der Waals surface area contributed by atoms with Gasteiger partial charge in [0, 0.05) is 0 Å². The summed E-state index contributed by atoms with van der Waals surface area (Å²) in [5.41, 5.74) is 2.09. The molecule has 0 atom stereocenters. The van der Waals surface area contributed by atoms with E-state index in [0.717, 1.165) is 5.92 Å². The molecular weight excluding hydrogens is 309 g/mol. The summed E-state index contributed by atoms with van der Waals surface area (Å²) in [5, 5.41) is 0. The van der Waals surface area contributed by atoms with Crippen molar-refractivity contribution in [2.45, 2.75) is 58.2 Å². The first kappa shape index (κ1) is 18.7. The summed E-state index contributed by atoms with van der Waals surface area (Å²) >= 11 is 0. The minimum absolute atomic E-state index is 0.274. The lowest BCUT2D eigenvalue weighted by Gasteiger charge is -2.32. The number of piperidine rings is 1. The van der Waals surface area contributed by atoms with E-state index in [1.165, 1.54) is 43.5 Å². The Kier molecular flexibility index (Phi) is 5.43. The Morgan fingerprint density at radius 3 is 2.16 bits per heavy atom. The topological polar surface area (TPSA) is 21.7 Å². The average molecular weight is 341 g/mol. The highest BCUT2D eigenvalue weighted by Crippen LogP contribution is 2.37. The van der Waals surface area contributed by atoms with Crippen LogP contribution in [0.5, 0.6) is 0 Å². The van der Waals surface area contributed by atoms with Crippen LogP contribution in [0, 0.1) is 5.92 Å². The van der Waals surface area contributed by atoms with Crippen LogP contribution in [0.3, 0.4) is 0 Å². The van der Waals surface area contributed by atoms with Gasteiger partial charge < -0.3 is 14.2 Å². The van der Waals surface area contributed by atoms with Gasteiger partial charge in [0.25, 0.3) is 0 Å². The van der Waals surface area contributed by atoms with Crippen molar-refractivity contribution in [3.63, 3.8) is 0 Å². The molecule has 25 heavy (non-hydrogen) atoms. The van der Waals surface area contributed by atoms with Crippen LogP contribution < -0.4 is 0 Å². The van der Waals surface area contributed by atoms with Crippen molar-refractivity contribution in [1.82, 2.24) is 4.90 Å². The van der Waals surface area contributed by atoms with Crippen molar-refractivity contribution >= 4 is 13.2 Å². The maximum atomic E-state index is 6.01. The highest BCUT2D eigenvalue weighted by molar-refractivity contribution is 6.52. The van der Waals surface area contributed by atoms with Crippen LogP contribution in [0.4, 0.5) is 0 Å². The van der Waals surface area contributed by atoms with Gasteiger partial charge in [-0.1, -0.05) is 36.3 Å². The maximum Gasteiger partial charge on any atom is 0.487 e. The number of likely N-dealkylation sites (tertiary alicyclic amines) is 1. The molecule has 0 radical (unpaired) electrons. The predicted octanol–water partition coefficient (Wildman–Crippen LogP) is 4.22. The normalized spacial score (nSPS) is 24.3. The second-order valence-electron chi connectivity index (χ2n) is 8.68. The molecule has 3 rings (SSSR count). The summed E-state index contributed by atoms with van der Waals surface area (Å²) in [7, 11) is 1.95. The van der Waals surface area contributed by atoms with Gasteiger partial charge in [0.2, 0.25) is 0 Å². The van der Waals surface area contributed by atoms with Gasteiger partial charge in [-0.15, -0.1) is 0 Å². The van der Waals surface area contributed by atoms with Gasteiger partial charge in [0.1, 0.15) is 0 Å². The van der Waals surface area contributed by atoms with Crippen LogP contribution in [-0.2, 0) is 15.7 Å². The molecule has 2 aliphatic heterocycles. The second-order valence-corrected chi connectivity index (χ2v) is 8.68. The Morgan fingerprint density at radius 1 is 1.04 bits per heavy atom. The molecule has 136 valence electrons. The van der Waals surface area contributed by atoms with E-state index in [4.69, 9.17) is 9.31 Å². The van der Waals surface area contributed by atoms with Gasteiger partial charge in [0.05, 0.1) is 11.2 Å². The Hall–Kier alpha value is -1.10. The van der Waals surface area contributed by atoms with Gasteiger partial charge in [-0.2, -0.15) is 0 Å². The van der Waals surface area contributed by atoms with Crippen LogP contribution in [0.15, 0.2) is 30.2 Å². The Labute approximate surface area is 153 Å². The smallest absolute Gasteiger partial charge is 0.400 e. The third kappa shape index (κ3) is 4.55. The Balaban J connectivity index is 1.54. The number of rotatable bonds is 4. The molecule has 2 heterocycles. The van der Waals surface area contributed by atoms with Crippen molar-refractivity contribution in [3.05, 3.63) is 41.4 Å². The first-order chi connectivity index (χ1) is 11.7. The van der Waals surface area contributed by atoms with E-state index in [2.05, 4.69) is 70.0 Å². The second kappa shape index (κ2) is 7.26. The molecule has 0 spiro atoms. The summed E-state index contributed by atoms with van der Waals surface area (Å²) in [4.78, 5) is 2.43. The van der Waals surface area contributed by atoms with E-state index in [-0.39, 0.29) is 18.3 Å². The fourth-order valence-corrected chi connectivity index (χ4v) is 3.52. The summed E-state index contributed by atoms with van der Waals surface area (Å²) in [6, 6.07) is 8.93. The monoisotopic (exact) mass is 341 g/mol. The van der Waals surface area contributed by atoms with Gasteiger partial charge in [-0.05, 0) is 84.1 Å². The van der Waals surface area contributed by atoms with Crippen molar-refractivity contribution in [1.29, 1.82) is 0 Å². The quantitative estimate of drug-likeness (QED) is 0.766. The lowest BCUT2D eigenvalue weighted by Crippen LogP contribution is -2.41. The van der Waals surface area contributed by atoms with E-state index >= 15 is 0 Å². The molecule has 3 nitrogen and oxygen atoms in total. The largest absolute Gasteiger partial charge is 0.487 e. The van der Waals surface area contributed by atoms with Gasteiger partial charge in [-0.3, -0.25) is 0 Å². The third-order valence-corrected chi connectivity index (χ3v) is 6.06. The van der Waals surface area contributed by atoms with E-state index in [1.807, 2.05) is 5.98 Å². The summed E-state index contributed by atoms with van der Waals surface area (Å²) in [5.74, 6) is 2.85. The zero-order valence-electron chi connectivity index (χ0n) is 16.4. The summed E-state index contributed by atoms with van der Waals surface area (Å²) in [6.07, 6.45) is 5.94. The Bertz CT molecular complexity index is 585. The lowest BCUT2D eigenvalue weighted by atomic mass is 9.88. The Morgan fingerprint density at radius 2 is 1.60 bits per heavy atom. The first-order valence-electron chi connectivity index (χ1n) is 9.56. The molecule has 0 aromatic heterocycles. The molecule has 1 aromatic carbocycles. The number of benzene rings is 1. The van der Waals surface area contributed by atoms with Gasteiger partial charge in [-0.25, -0.2) is 0 Å². The molecule has 0 bridgehead atoms. The van der Waals surface area contributed by atoms with E-state index in [9.17, 15) is 0 Å².